The summed E-state index contributed by atoms with van der Waals surface area (Å²) in [7, 11) is 0. The Morgan fingerprint density at radius 3 is 2.43 bits per heavy atom. The zero-order chi connectivity index (χ0) is 10.7. The molecule has 0 saturated heterocycles. The predicted octanol–water partition coefficient (Wildman–Crippen LogP) is 3.86. The molecule has 1 radical (unpaired) electrons. The normalized spacial score (nSPS) is 11.4. The molecule has 0 amide bonds. The van der Waals surface area contributed by atoms with Gasteiger partial charge in [0, 0.05) is 5.92 Å². The molecule has 0 bridgehead atoms. The maximum atomic E-state index is 13.1. The summed E-state index contributed by atoms with van der Waals surface area (Å²) < 4.78 is 25.5. The minimum Gasteiger partial charge on any atom is -0.250 e. The van der Waals surface area contributed by atoms with Gasteiger partial charge in [0.05, 0.1) is 6.67 Å². The van der Waals surface area contributed by atoms with Gasteiger partial charge in [0.1, 0.15) is 5.82 Å². The van der Waals surface area contributed by atoms with Gasteiger partial charge in [-0.25, -0.2) is 4.39 Å². The van der Waals surface area contributed by atoms with Gasteiger partial charge in [0.15, 0.2) is 0 Å². The van der Waals surface area contributed by atoms with Crippen LogP contribution in [0.3, 0.4) is 0 Å². The van der Waals surface area contributed by atoms with Gasteiger partial charge in [-0.15, -0.1) is 0 Å². The molecule has 2 heteroatoms. The lowest BCUT2D eigenvalue weighted by atomic mass is 9.95. The largest absolute Gasteiger partial charge is 0.250 e. The molecule has 0 aliphatic carbocycles. The monoisotopic (exact) mass is 197 g/mol. The van der Waals surface area contributed by atoms with Crippen LogP contribution in [0.5, 0.6) is 0 Å². The summed E-state index contributed by atoms with van der Waals surface area (Å²) in [5.74, 6) is 0.544. The van der Waals surface area contributed by atoms with Crippen LogP contribution in [0.15, 0.2) is 18.2 Å². The van der Waals surface area contributed by atoms with Crippen LogP contribution in [0, 0.1) is 11.7 Å². The Hall–Kier alpha value is -0.920. The zero-order valence-electron chi connectivity index (χ0n) is 8.77. The highest BCUT2D eigenvalue weighted by Crippen LogP contribution is 2.22. The van der Waals surface area contributed by atoms with Gasteiger partial charge in [0.2, 0.25) is 0 Å². The third-order valence-corrected chi connectivity index (χ3v) is 2.28. The van der Waals surface area contributed by atoms with Gasteiger partial charge in [0.25, 0.3) is 0 Å². The van der Waals surface area contributed by atoms with E-state index in [0.717, 1.165) is 5.56 Å². The fourth-order valence-electron chi connectivity index (χ4n) is 1.27. The molecule has 0 nitrogen and oxygen atoms in total. The van der Waals surface area contributed by atoms with Crippen molar-refractivity contribution in [2.45, 2.75) is 26.7 Å². The summed E-state index contributed by atoms with van der Waals surface area (Å²) in [5.41, 5.74) is 1.57. The standard InChI is InChI=1S/C12H15F2/c1-8(2)10-4-11(9(3)7-13)6-12(14)5-10/h4-6,8H,7H2,1-3H3. The third-order valence-electron chi connectivity index (χ3n) is 2.28. The van der Waals surface area contributed by atoms with E-state index in [4.69, 9.17) is 0 Å². The van der Waals surface area contributed by atoms with Gasteiger partial charge in [-0.1, -0.05) is 26.8 Å². The summed E-state index contributed by atoms with van der Waals surface area (Å²) in [6.45, 7) is 5.13. The summed E-state index contributed by atoms with van der Waals surface area (Å²) in [4.78, 5) is 0. The van der Waals surface area contributed by atoms with E-state index in [9.17, 15) is 8.78 Å². The molecule has 77 valence electrons. The fraction of sp³-hybridized carbons (Fsp3) is 0.417. The molecular weight excluding hydrogens is 182 g/mol. The highest BCUT2D eigenvalue weighted by molar-refractivity contribution is 5.35. The van der Waals surface area contributed by atoms with Crippen molar-refractivity contribution in [3.8, 4) is 0 Å². The number of hydrogen-bond acceptors (Lipinski definition) is 0. The van der Waals surface area contributed by atoms with Crippen LogP contribution in [-0.4, -0.2) is 6.67 Å². The second-order valence-electron chi connectivity index (χ2n) is 3.84. The first kappa shape index (κ1) is 11.2. The highest BCUT2D eigenvalue weighted by atomic mass is 19.1. The molecule has 1 aromatic carbocycles. The van der Waals surface area contributed by atoms with Crippen molar-refractivity contribution >= 4 is 0 Å². The Bertz CT molecular complexity index is 305. The van der Waals surface area contributed by atoms with Crippen molar-refractivity contribution < 1.29 is 8.78 Å². The Labute approximate surface area is 84.0 Å². The number of alkyl halides is 1. The fourth-order valence-corrected chi connectivity index (χ4v) is 1.27. The van der Waals surface area contributed by atoms with Crippen LogP contribution in [0.1, 0.15) is 37.8 Å². The molecule has 0 heterocycles. The Balaban J connectivity index is 3.07. The SMILES string of the molecule is C[C](CF)c1cc(F)cc(C(C)C)c1. The quantitative estimate of drug-likeness (QED) is 0.690. The second kappa shape index (κ2) is 4.54. The number of halogens is 2. The van der Waals surface area contributed by atoms with Gasteiger partial charge >= 0.3 is 0 Å². The van der Waals surface area contributed by atoms with Crippen LogP contribution in [0.4, 0.5) is 8.78 Å². The first-order valence-electron chi connectivity index (χ1n) is 4.74. The molecule has 1 rings (SSSR count). The first-order chi connectivity index (χ1) is 6.54. The summed E-state index contributed by atoms with van der Waals surface area (Å²) >= 11 is 0. The molecule has 0 unspecified atom stereocenters. The van der Waals surface area contributed by atoms with Crippen LogP contribution >= 0.6 is 0 Å². The molecule has 0 aliphatic heterocycles. The maximum absolute atomic E-state index is 13.1. The molecule has 0 aromatic heterocycles. The summed E-state index contributed by atoms with van der Waals surface area (Å²) in [6, 6.07) is 4.73. The van der Waals surface area contributed by atoms with E-state index in [1.807, 2.05) is 19.9 Å². The van der Waals surface area contributed by atoms with Gasteiger partial charge < -0.3 is 0 Å². The molecule has 1 aromatic rings. The molecule has 0 fully saturated rings. The Morgan fingerprint density at radius 1 is 1.29 bits per heavy atom. The average molecular weight is 197 g/mol. The van der Waals surface area contributed by atoms with Crippen molar-refractivity contribution in [1.29, 1.82) is 0 Å². The third kappa shape index (κ3) is 2.53. The van der Waals surface area contributed by atoms with Gasteiger partial charge in [-0.05, 0) is 29.2 Å². The van der Waals surface area contributed by atoms with E-state index < -0.39 is 6.67 Å². The van der Waals surface area contributed by atoms with E-state index in [2.05, 4.69) is 0 Å². The lowest BCUT2D eigenvalue weighted by molar-refractivity contribution is 0.515. The molecule has 14 heavy (non-hydrogen) atoms. The van der Waals surface area contributed by atoms with E-state index >= 15 is 0 Å². The highest BCUT2D eigenvalue weighted by Gasteiger charge is 2.10. The van der Waals surface area contributed by atoms with Gasteiger partial charge in [-0.2, -0.15) is 0 Å². The van der Waals surface area contributed by atoms with Crippen molar-refractivity contribution in [2.75, 3.05) is 6.67 Å². The first-order valence-corrected chi connectivity index (χ1v) is 4.74. The van der Waals surface area contributed by atoms with Crippen molar-refractivity contribution in [2.24, 2.45) is 0 Å². The van der Waals surface area contributed by atoms with Crippen molar-refractivity contribution in [1.82, 2.24) is 0 Å². The van der Waals surface area contributed by atoms with Crippen LogP contribution in [0.2, 0.25) is 0 Å². The number of rotatable bonds is 3. The lowest BCUT2D eigenvalue weighted by Crippen LogP contribution is -2.00. The predicted molar refractivity (Wildman–Crippen MR) is 54.5 cm³/mol. The molecule has 0 aliphatic rings. The zero-order valence-corrected chi connectivity index (χ0v) is 8.77. The minimum atomic E-state index is -0.527. The lowest BCUT2D eigenvalue weighted by Gasteiger charge is -2.11. The van der Waals surface area contributed by atoms with Crippen LogP contribution < -0.4 is 0 Å². The molecule has 0 N–H and O–H groups in total. The summed E-state index contributed by atoms with van der Waals surface area (Å²) in [6.07, 6.45) is 0. The number of hydrogen-bond donors (Lipinski definition) is 0. The van der Waals surface area contributed by atoms with Crippen molar-refractivity contribution in [3.05, 3.63) is 41.1 Å². The van der Waals surface area contributed by atoms with Crippen molar-refractivity contribution in [3.63, 3.8) is 0 Å². The maximum Gasteiger partial charge on any atom is 0.123 e. The van der Waals surface area contributed by atoms with E-state index in [-0.39, 0.29) is 11.7 Å². The second-order valence-corrected chi connectivity index (χ2v) is 3.84. The molecule has 0 atom stereocenters. The van der Waals surface area contributed by atoms with E-state index in [1.54, 1.807) is 6.92 Å². The Kier molecular flexibility index (Phi) is 3.62. The average Bonchev–Trinajstić information content (AvgIpc) is 2.15. The minimum absolute atomic E-state index is 0.261. The van der Waals surface area contributed by atoms with Crippen LogP contribution in [0.25, 0.3) is 0 Å². The number of benzene rings is 1. The van der Waals surface area contributed by atoms with E-state index in [1.165, 1.54) is 12.1 Å². The van der Waals surface area contributed by atoms with Crippen LogP contribution in [-0.2, 0) is 0 Å². The van der Waals surface area contributed by atoms with Gasteiger partial charge in [-0.3, -0.25) is 4.39 Å². The Morgan fingerprint density at radius 2 is 1.93 bits per heavy atom. The molecule has 0 saturated carbocycles. The summed E-state index contributed by atoms with van der Waals surface area (Å²) in [5, 5.41) is 0. The molecule has 0 spiro atoms. The smallest absolute Gasteiger partial charge is 0.123 e. The van der Waals surface area contributed by atoms with E-state index in [0.29, 0.717) is 11.5 Å². The topological polar surface area (TPSA) is 0 Å². The molecular formula is C12H15F2.